The molecule has 1 amide bonds. The molecule has 0 spiro atoms. The standard InChI is InChI=1S/C39H40N2O6/c1-44-30-17-13-28(14-18-30)39(27-10-6-4-7-11-27,29-15-19-31(45-2)20-16-29)47-25-9-5-8-12-37(42)41-24-23-32-33-26-35(38(43)46-3)40-34(33)21-22-36(32)41/h4,6-7,10-11,13-22,26,40H,5,8-9,12,23-25H2,1-3H3. The van der Waals surface area contributed by atoms with Crippen LogP contribution in [0.4, 0.5) is 5.69 Å². The van der Waals surface area contributed by atoms with Gasteiger partial charge in [0.25, 0.3) is 0 Å². The summed E-state index contributed by atoms with van der Waals surface area (Å²) in [6, 6.07) is 32.0. The number of amides is 1. The summed E-state index contributed by atoms with van der Waals surface area (Å²) in [6.45, 7) is 1.14. The molecule has 2 heterocycles. The van der Waals surface area contributed by atoms with Crippen LogP contribution >= 0.6 is 0 Å². The van der Waals surface area contributed by atoms with Crippen molar-refractivity contribution in [2.24, 2.45) is 0 Å². The minimum Gasteiger partial charge on any atom is -0.497 e. The highest BCUT2D eigenvalue weighted by atomic mass is 16.5. The summed E-state index contributed by atoms with van der Waals surface area (Å²) < 4.78 is 22.7. The molecule has 0 radical (unpaired) electrons. The number of hydrogen-bond donors (Lipinski definition) is 1. The Morgan fingerprint density at radius 1 is 0.766 bits per heavy atom. The Bertz CT molecular complexity index is 1780. The van der Waals surface area contributed by atoms with E-state index < -0.39 is 11.6 Å². The first kappa shape index (κ1) is 31.9. The van der Waals surface area contributed by atoms with Crippen molar-refractivity contribution in [2.75, 3.05) is 39.4 Å². The van der Waals surface area contributed by atoms with Gasteiger partial charge >= 0.3 is 5.97 Å². The van der Waals surface area contributed by atoms with Gasteiger partial charge in [0.15, 0.2) is 0 Å². The second kappa shape index (κ2) is 14.1. The molecule has 0 saturated heterocycles. The van der Waals surface area contributed by atoms with Crippen LogP contribution in [0.15, 0.2) is 97.1 Å². The Balaban J connectivity index is 1.14. The molecule has 0 bridgehead atoms. The van der Waals surface area contributed by atoms with E-state index in [1.54, 1.807) is 14.2 Å². The third kappa shape index (κ3) is 6.33. The van der Waals surface area contributed by atoms with E-state index in [4.69, 9.17) is 18.9 Å². The number of rotatable bonds is 13. The molecular weight excluding hydrogens is 592 g/mol. The van der Waals surface area contributed by atoms with Gasteiger partial charge in [-0.2, -0.15) is 0 Å². The average molecular weight is 633 g/mol. The maximum atomic E-state index is 13.3. The molecule has 1 aliphatic heterocycles. The fraction of sp³-hybridized carbons (Fsp3) is 0.282. The van der Waals surface area contributed by atoms with Crippen molar-refractivity contribution in [1.82, 2.24) is 4.98 Å². The molecule has 0 saturated carbocycles. The van der Waals surface area contributed by atoms with Crippen LogP contribution in [0, 0.1) is 0 Å². The van der Waals surface area contributed by atoms with Crippen molar-refractivity contribution in [3.05, 3.63) is 125 Å². The fourth-order valence-corrected chi connectivity index (χ4v) is 6.58. The van der Waals surface area contributed by atoms with Gasteiger partial charge in [0.05, 0.1) is 21.3 Å². The predicted molar refractivity (Wildman–Crippen MR) is 182 cm³/mol. The summed E-state index contributed by atoms with van der Waals surface area (Å²) in [4.78, 5) is 30.4. The van der Waals surface area contributed by atoms with Crippen LogP contribution in [0.25, 0.3) is 10.9 Å². The summed E-state index contributed by atoms with van der Waals surface area (Å²) in [5.74, 6) is 1.26. The van der Waals surface area contributed by atoms with E-state index in [1.165, 1.54) is 7.11 Å². The lowest BCUT2D eigenvalue weighted by Crippen LogP contribution is -2.33. The highest BCUT2D eigenvalue weighted by molar-refractivity contribution is 6.02. The summed E-state index contributed by atoms with van der Waals surface area (Å²) >= 11 is 0. The maximum absolute atomic E-state index is 13.3. The fourth-order valence-electron chi connectivity index (χ4n) is 6.58. The monoisotopic (exact) mass is 632 g/mol. The number of anilines is 1. The Labute approximate surface area is 275 Å². The van der Waals surface area contributed by atoms with Crippen molar-refractivity contribution in [3.63, 3.8) is 0 Å². The zero-order valence-corrected chi connectivity index (χ0v) is 27.1. The first-order chi connectivity index (χ1) is 23.0. The summed E-state index contributed by atoms with van der Waals surface area (Å²) in [7, 11) is 4.69. The minimum atomic E-state index is -0.855. The Morgan fingerprint density at radius 2 is 1.40 bits per heavy atom. The number of aromatic nitrogens is 1. The first-order valence-electron chi connectivity index (χ1n) is 16.0. The SMILES string of the molecule is COC(=O)c1cc2c3c(ccc2[nH]1)N(C(=O)CCCCCOC(c1ccccc1)(c1ccc(OC)cc1)c1ccc(OC)cc1)CC3. The number of ether oxygens (including phenoxy) is 4. The highest BCUT2D eigenvalue weighted by Crippen LogP contribution is 2.42. The van der Waals surface area contributed by atoms with Crippen molar-refractivity contribution in [3.8, 4) is 11.5 Å². The third-order valence-electron chi connectivity index (χ3n) is 9.00. The number of benzene rings is 4. The number of H-pyrrole nitrogens is 1. The number of carbonyl (C=O) groups is 2. The average Bonchev–Trinajstić information content (AvgIpc) is 3.77. The molecule has 1 aliphatic rings. The van der Waals surface area contributed by atoms with Crippen molar-refractivity contribution in [2.45, 2.75) is 37.7 Å². The van der Waals surface area contributed by atoms with Gasteiger partial charge in [0.1, 0.15) is 22.8 Å². The van der Waals surface area contributed by atoms with Crippen LogP contribution in [0.5, 0.6) is 11.5 Å². The summed E-state index contributed by atoms with van der Waals surface area (Å²) in [6.07, 6.45) is 3.62. The van der Waals surface area contributed by atoms with E-state index in [9.17, 15) is 9.59 Å². The van der Waals surface area contributed by atoms with Crippen molar-refractivity contribution >= 4 is 28.5 Å². The quantitative estimate of drug-likeness (QED) is 0.0825. The number of nitrogens with one attached hydrogen (secondary N) is 1. The van der Waals surface area contributed by atoms with E-state index in [-0.39, 0.29) is 5.91 Å². The number of aromatic amines is 1. The van der Waals surface area contributed by atoms with Gasteiger partial charge in [-0.05, 0) is 84.0 Å². The number of methoxy groups -OCH3 is 3. The lowest BCUT2D eigenvalue weighted by molar-refractivity contribution is -0.118. The number of carbonyl (C=O) groups excluding carboxylic acids is 2. The largest absolute Gasteiger partial charge is 0.497 e. The molecule has 0 atom stereocenters. The van der Waals surface area contributed by atoms with Crippen LogP contribution in [-0.2, 0) is 26.3 Å². The van der Waals surface area contributed by atoms with Gasteiger partial charge in [0.2, 0.25) is 5.91 Å². The zero-order chi connectivity index (χ0) is 32.8. The van der Waals surface area contributed by atoms with Crippen molar-refractivity contribution in [1.29, 1.82) is 0 Å². The van der Waals surface area contributed by atoms with E-state index in [0.29, 0.717) is 25.3 Å². The smallest absolute Gasteiger partial charge is 0.354 e. The number of esters is 1. The number of unbranched alkanes of at least 4 members (excludes halogenated alkanes) is 2. The topological polar surface area (TPSA) is 90.1 Å². The van der Waals surface area contributed by atoms with Crippen molar-refractivity contribution < 1.29 is 28.5 Å². The molecule has 8 heteroatoms. The van der Waals surface area contributed by atoms with E-state index in [0.717, 1.165) is 76.0 Å². The Morgan fingerprint density at radius 3 is 2.02 bits per heavy atom. The first-order valence-corrected chi connectivity index (χ1v) is 16.0. The molecule has 0 aliphatic carbocycles. The van der Waals surface area contributed by atoms with Gasteiger partial charge in [-0.25, -0.2) is 4.79 Å². The van der Waals surface area contributed by atoms with Crippen LogP contribution in [-0.4, -0.2) is 51.3 Å². The molecule has 4 aromatic carbocycles. The molecule has 47 heavy (non-hydrogen) atoms. The predicted octanol–water partition coefficient (Wildman–Crippen LogP) is 7.43. The molecule has 5 aromatic rings. The van der Waals surface area contributed by atoms with Crippen LogP contribution in [0.2, 0.25) is 0 Å². The third-order valence-corrected chi connectivity index (χ3v) is 9.00. The van der Waals surface area contributed by atoms with E-state index in [2.05, 4.69) is 41.4 Å². The van der Waals surface area contributed by atoms with Gasteiger partial charge in [-0.1, -0.05) is 61.0 Å². The molecular formula is C39H40N2O6. The van der Waals surface area contributed by atoms with Gasteiger partial charge in [0, 0.05) is 36.2 Å². The lowest BCUT2D eigenvalue weighted by Gasteiger charge is -2.36. The van der Waals surface area contributed by atoms with Crippen LogP contribution in [0.3, 0.4) is 0 Å². The number of hydrogen-bond acceptors (Lipinski definition) is 6. The molecule has 242 valence electrons. The lowest BCUT2D eigenvalue weighted by atomic mass is 9.80. The second-order valence-electron chi connectivity index (χ2n) is 11.7. The van der Waals surface area contributed by atoms with Gasteiger partial charge in [-0.3, -0.25) is 4.79 Å². The molecule has 6 rings (SSSR count). The normalized spacial score (nSPS) is 12.6. The molecule has 1 N–H and O–H groups in total. The van der Waals surface area contributed by atoms with E-state index in [1.807, 2.05) is 65.6 Å². The van der Waals surface area contributed by atoms with Crippen LogP contribution < -0.4 is 14.4 Å². The molecule has 0 fully saturated rings. The molecule has 1 aromatic heterocycles. The molecule has 8 nitrogen and oxygen atoms in total. The zero-order valence-electron chi connectivity index (χ0n) is 27.1. The number of nitrogens with zero attached hydrogens (tertiary/aromatic N) is 1. The van der Waals surface area contributed by atoms with Gasteiger partial charge in [-0.15, -0.1) is 0 Å². The van der Waals surface area contributed by atoms with Crippen LogP contribution in [0.1, 0.15) is 58.4 Å². The Kier molecular flexibility index (Phi) is 9.59. The number of fused-ring (bicyclic) bond motifs is 3. The maximum Gasteiger partial charge on any atom is 0.354 e. The Hall–Kier alpha value is -5.08. The van der Waals surface area contributed by atoms with Gasteiger partial charge < -0.3 is 28.8 Å². The summed E-state index contributed by atoms with van der Waals surface area (Å²) in [5, 5.41) is 0.964. The highest BCUT2D eigenvalue weighted by Gasteiger charge is 2.37. The minimum absolute atomic E-state index is 0.114. The molecule has 0 unspecified atom stereocenters. The van der Waals surface area contributed by atoms with E-state index >= 15 is 0 Å². The second-order valence-corrected chi connectivity index (χ2v) is 11.7. The summed E-state index contributed by atoms with van der Waals surface area (Å²) in [5.41, 5.74) is 5.45.